The SMILES string of the molecule is Cc1cc(C)cc(OCC(C)(C)CNS(=O)(=O)c2c(C)cc(C)cc2C)c1. The molecule has 0 aliphatic carbocycles. The summed E-state index contributed by atoms with van der Waals surface area (Å²) in [5, 5.41) is 0. The molecule has 148 valence electrons. The second-order valence-electron chi connectivity index (χ2n) is 8.33. The van der Waals surface area contributed by atoms with Gasteiger partial charge in [-0.15, -0.1) is 0 Å². The molecule has 0 unspecified atom stereocenters. The standard InChI is InChI=1S/C22H31NO3S/c1-15-8-16(2)12-20(11-15)26-14-22(6,7)13-23-27(24,25)21-18(4)9-17(3)10-19(21)5/h8-12,23H,13-14H2,1-7H3. The van der Waals surface area contributed by atoms with Crippen LogP contribution in [0, 0.1) is 40.0 Å². The number of ether oxygens (including phenoxy) is 1. The Morgan fingerprint density at radius 2 is 1.33 bits per heavy atom. The quantitative estimate of drug-likeness (QED) is 0.752. The lowest BCUT2D eigenvalue weighted by Crippen LogP contribution is -2.38. The predicted molar refractivity (Wildman–Crippen MR) is 111 cm³/mol. The van der Waals surface area contributed by atoms with Gasteiger partial charge in [-0.25, -0.2) is 13.1 Å². The lowest BCUT2D eigenvalue weighted by molar-refractivity contribution is 0.183. The topological polar surface area (TPSA) is 55.4 Å². The molecule has 0 saturated heterocycles. The number of sulfonamides is 1. The van der Waals surface area contributed by atoms with E-state index in [-0.39, 0.29) is 5.41 Å². The van der Waals surface area contributed by atoms with E-state index in [1.54, 1.807) is 0 Å². The van der Waals surface area contributed by atoms with Crippen molar-refractivity contribution in [3.8, 4) is 5.75 Å². The molecule has 0 aliphatic rings. The highest BCUT2D eigenvalue weighted by Gasteiger charge is 2.25. The summed E-state index contributed by atoms with van der Waals surface area (Å²) in [6, 6.07) is 9.88. The van der Waals surface area contributed by atoms with E-state index in [1.165, 1.54) is 0 Å². The third-order valence-corrected chi connectivity index (χ3v) is 6.14. The third kappa shape index (κ3) is 5.81. The Balaban J connectivity index is 2.07. The van der Waals surface area contributed by atoms with Gasteiger partial charge in [-0.2, -0.15) is 0 Å². The zero-order chi connectivity index (χ0) is 20.4. The van der Waals surface area contributed by atoms with E-state index in [0.29, 0.717) is 18.0 Å². The van der Waals surface area contributed by atoms with Crippen LogP contribution in [0.3, 0.4) is 0 Å². The molecular weight excluding hydrogens is 358 g/mol. The fraction of sp³-hybridized carbons (Fsp3) is 0.455. The fourth-order valence-corrected chi connectivity index (χ4v) is 4.99. The molecule has 1 N–H and O–H groups in total. The molecule has 0 radical (unpaired) electrons. The fourth-order valence-electron chi connectivity index (χ4n) is 3.30. The maximum absolute atomic E-state index is 12.8. The molecule has 0 fully saturated rings. The van der Waals surface area contributed by atoms with E-state index in [4.69, 9.17) is 4.74 Å². The normalized spacial score (nSPS) is 12.3. The minimum atomic E-state index is -3.57. The van der Waals surface area contributed by atoms with Crippen LogP contribution >= 0.6 is 0 Å². The average Bonchev–Trinajstić information content (AvgIpc) is 2.49. The van der Waals surface area contributed by atoms with Crippen LogP contribution in [0.5, 0.6) is 5.75 Å². The van der Waals surface area contributed by atoms with Crippen LogP contribution in [0.2, 0.25) is 0 Å². The third-order valence-electron chi connectivity index (χ3n) is 4.44. The van der Waals surface area contributed by atoms with Crippen LogP contribution in [0.25, 0.3) is 0 Å². The molecule has 2 aromatic carbocycles. The van der Waals surface area contributed by atoms with Crippen molar-refractivity contribution in [3.63, 3.8) is 0 Å². The molecular formula is C22H31NO3S. The Labute approximate surface area is 164 Å². The summed E-state index contributed by atoms with van der Waals surface area (Å²) in [5.74, 6) is 0.814. The lowest BCUT2D eigenvalue weighted by atomic mass is 9.95. The molecule has 0 amide bonds. The number of benzene rings is 2. The van der Waals surface area contributed by atoms with E-state index >= 15 is 0 Å². The smallest absolute Gasteiger partial charge is 0.241 e. The minimum Gasteiger partial charge on any atom is -0.493 e. The van der Waals surface area contributed by atoms with Crippen molar-refractivity contribution < 1.29 is 13.2 Å². The first-order chi connectivity index (χ1) is 12.4. The van der Waals surface area contributed by atoms with Gasteiger partial charge in [-0.3, -0.25) is 0 Å². The highest BCUT2D eigenvalue weighted by Crippen LogP contribution is 2.24. The zero-order valence-electron chi connectivity index (χ0n) is 17.4. The molecule has 2 rings (SSSR count). The second kappa shape index (κ2) is 8.03. The van der Waals surface area contributed by atoms with E-state index in [9.17, 15) is 8.42 Å². The maximum Gasteiger partial charge on any atom is 0.241 e. The highest BCUT2D eigenvalue weighted by molar-refractivity contribution is 7.89. The van der Waals surface area contributed by atoms with Crippen molar-refractivity contribution in [1.29, 1.82) is 0 Å². The number of aryl methyl sites for hydroxylation is 5. The highest BCUT2D eigenvalue weighted by atomic mass is 32.2. The molecule has 27 heavy (non-hydrogen) atoms. The van der Waals surface area contributed by atoms with Crippen molar-refractivity contribution in [1.82, 2.24) is 4.72 Å². The van der Waals surface area contributed by atoms with Crippen LogP contribution in [-0.4, -0.2) is 21.6 Å². The number of nitrogens with one attached hydrogen (secondary N) is 1. The van der Waals surface area contributed by atoms with Crippen LogP contribution in [0.15, 0.2) is 35.2 Å². The first-order valence-corrected chi connectivity index (χ1v) is 10.7. The van der Waals surface area contributed by atoms with Gasteiger partial charge in [0, 0.05) is 12.0 Å². The van der Waals surface area contributed by atoms with E-state index in [2.05, 4.69) is 10.8 Å². The number of rotatable bonds is 7. The van der Waals surface area contributed by atoms with Crippen LogP contribution in [0.1, 0.15) is 41.7 Å². The van der Waals surface area contributed by atoms with E-state index in [1.807, 2.05) is 72.7 Å². The van der Waals surface area contributed by atoms with Gasteiger partial charge in [0.2, 0.25) is 10.0 Å². The van der Waals surface area contributed by atoms with Crippen molar-refractivity contribution >= 4 is 10.0 Å². The van der Waals surface area contributed by atoms with Gasteiger partial charge in [0.25, 0.3) is 0 Å². The Hall–Kier alpha value is -1.85. The zero-order valence-corrected chi connectivity index (χ0v) is 18.3. The molecule has 2 aromatic rings. The first-order valence-electron chi connectivity index (χ1n) is 9.18. The van der Waals surface area contributed by atoms with Gasteiger partial charge in [-0.1, -0.05) is 37.6 Å². The van der Waals surface area contributed by atoms with Crippen molar-refractivity contribution in [2.45, 2.75) is 53.4 Å². The summed E-state index contributed by atoms with van der Waals surface area (Å²) in [4.78, 5) is 0.374. The Morgan fingerprint density at radius 1 is 0.852 bits per heavy atom. The molecule has 4 nitrogen and oxygen atoms in total. The molecule has 5 heteroatoms. The second-order valence-corrected chi connectivity index (χ2v) is 10.0. The summed E-state index contributed by atoms with van der Waals surface area (Å²) in [7, 11) is -3.57. The van der Waals surface area contributed by atoms with Gasteiger partial charge < -0.3 is 4.74 Å². The van der Waals surface area contributed by atoms with Crippen molar-refractivity contribution in [2.24, 2.45) is 5.41 Å². The summed E-state index contributed by atoms with van der Waals surface area (Å²) in [6.07, 6.45) is 0. The van der Waals surface area contributed by atoms with Crippen molar-refractivity contribution in [2.75, 3.05) is 13.2 Å². The van der Waals surface area contributed by atoms with Gasteiger partial charge in [0.05, 0.1) is 11.5 Å². The Bertz CT molecular complexity index is 887. The monoisotopic (exact) mass is 389 g/mol. The lowest BCUT2D eigenvalue weighted by Gasteiger charge is -2.26. The summed E-state index contributed by atoms with van der Waals surface area (Å²) >= 11 is 0. The largest absolute Gasteiger partial charge is 0.493 e. The van der Waals surface area contributed by atoms with E-state index < -0.39 is 10.0 Å². The average molecular weight is 390 g/mol. The predicted octanol–water partition coefficient (Wildman–Crippen LogP) is 4.61. The summed E-state index contributed by atoms with van der Waals surface area (Å²) in [5.41, 5.74) is 4.54. The van der Waals surface area contributed by atoms with Gasteiger partial charge >= 0.3 is 0 Å². The molecule has 0 saturated carbocycles. The number of hydrogen-bond acceptors (Lipinski definition) is 3. The van der Waals surface area contributed by atoms with E-state index in [0.717, 1.165) is 33.6 Å². The summed E-state index contributed by atoms with van der Waals surface area (Å²) < 4.78 is 34.4. The van der Waals surface area contributed by atoms with Crippen LogP contribution in [-0.2, 0) is 10.0 Å². The maximum atomic E-state index is 12.8. The Kier molecular flexibility index (Phi) is 6.38. The molecule has 0 atom stereocenters. The number of hydrogen-bond donors (Lipinski definition) is 1. The Morgan fingerprint density at radius 3 is 1.85 bits per heavy atom. The van der Waals surface area contributed by atoms with Gasteiger partial charge in [-0.05, 0) is 69.0 Å². The van der Waals surface area contributed by atoms with Crippen LogP contribution < -0.4 is 9.46 Å². The van der Waals surface area contributed by atoms with Gasteiger partial charge in [0.1, 0.15) is 5.75 Å². The minimum absolute atomic E-state index is 0.298. The molecule has 0 bridgehead atoms. The van der Waals surface area contributed by atoms with Gasteiger partial charge in [0.15, 0.2) is 0 Å². The molecule has 0 heterocycles. The summed E-state index contributed by atoms with van der Waals surface area (Å²) in [6.45, 7) is 14.4. The molecule has 0 spiro atoms. The van der Waals surface area contributed by atoms with Crippen LogP contribution in [0.4, 0.5) is 0 Å². The first kappa shape index (κ1) is 21.5. The molecule has 0 aliphatic heterocycles. The molecule has 0 aromatic heterocycles. The van der Waals surface area contributed by atoms with Crippen molar-refractivity contribution in [3.05, 3.63) is 58.1 Å².